The van der Waals surface area contributed by atoms with E-state index in [4.69, 9.17) is 32.5 Å². The first-order valence-electron chi connectivity index (χ1n) is 12.0. The first kappa shape index (κ1) is 25.0. The van der Waals surface area contributed by atoms with E-state index in [1.165, 1.54) is 12.5 Å². The van der Waals surface area contributed by atoms with E-state index in [1.807, 2.05) is 0 Å². The Morgan fingerprint density at radius 1 is 1.21 bits per heavy atom. The smallest absolute Gasteiger partial charge is 0.405 e. The largest absolute Gasteiger partial charge is 0.461 e. The van der Waals surface area contributed by atoms with Crippen LogP contribution in [0.1, 0.15) is 70.7 Å². The summed E-state index contributed by atoms with van der Waals surface area (Å²) in [6.07, 6.45) is 3.43. The first-order chi connectivity index (χ1) is 15.4. The maximum atomic E-state index is 12.9. The molecule has 1 N–H and O–H groups in total. The Labute approximate surface area is 207 Å². The third-order valence-corrected chi connectivity index (χ3v) is 8.80. The standard InChI is InChI=1S/C25H34BCl2NO4/c1-14(2)8-16(11-18(30)13-29-23(31)19-12-17(27)6-7-20(19)28)26-32-22-10-15-9-21(24(15,3)4)25(22,5)33-26/h6-7,12,14-16,21-22H,8-11,13H2,1-5H3,(H,29,31)/t15-,16+,21?,22+,25-/m0/s1. The molecule has 1 unspecified atom stereocenters. The molecule has 4 aliphatic rings. The van der Waals surface area contributed by atoms with Crippen molar-refractivity contribution in [2.75, 3.05) is 6.54 Å². The Morgan fingerprint density at radius 2 is 1.94 bits per heavy atom. The van der Waals surface area contributed by atoms with Crippen LogP contribution in [0.5, 0.6) is 0 Å². The predicted molar refractivity (Wildman–Crippen MR) is 132 cm³/mol. The van der Waals surface area contributed by atoms with Crippen molar-refractivity contribution in [1.82, 2.24) is 5.32 Å². The van der Waals surface area contributed by atoms with Crippen LogP contribution in [-0.4, -0.2) is 37.1 Å². The molecule has 0 spiro atoms. The van der Waals surface area contributed by atoms with Gasteiger partial charge in [0.2, 0.25) is 0 Å². The molecule has 1 saturated heterocycles. The van der Waals surface area contributed by atoms with Gasteiger partial charge in [-0.1, -0.05) is 50.9 Å². The molecule has 1 amide bonds. The van der Waals surface area contributed by atoms with Crippen LogP contribution >= 0.6 is 23.2 Å². The lowest BCUT2D eigenvalue weighted by atomic mass is 9.43. The van der Waals surface area contributed by atoms with E-state index in [0.717, 1.165) is 12.8 Å². The molecule has 5 nitrogen and oxygen atoms in total. The number of halogens is 2. The van der Waals surface area contributed by atoms with Crippen LogP contribution < -0.4 is 5.32 Å². The number of Topliss-reactive ketones (excluding diaryl/α,β-unsaturated/α-hetero) is 1. The fourth-order valence-electron chi connectivity index (χ4n) is 6.31. The summed E-state index contributed by atoms with van der Waals surface area (Å²) in [6, 6.07) is 4.69. The summed E-state index contributed by atoms with van der Waals surface area (Å²) in [5.74, 6) is 1.05. The number of hydrogen-bond donors (Lipinski definition) is 1. The molecule has 1 heterocycles. The van der Waals surface area contributed by atoms with Crippen LogP contribution in [0, 0.1) is 23.2 Å². The Balaban J connectivity index is 1.39. The molecular formula is C25H34BCl2NO4. The molecule has 3 saturated carbocycles. The number of benzene rings is 1. The lowest BCUT2D eigenvalue weighted by Gasteiger charge is -2.64. The van der Waals surface area contributed by atoms with E-state index in [-0.39, 0.29) is 47.9 Å². The Bertz CT molecular complexity index is 939. The Kier molecular flexibility index (Phi) is 6.96. The zero-order valence-electron chi connectivity index (χ0n) is 20.1. The van der Waals surface area contributed by atoms with Crippen molar-refractivity contribution < 1.29 is 18.9 Å². The predicted octanol–water partition coefficient (Wildman–Crippen LogP) is 5.83. The number of carbonyl (C=O) groups is 2. The maximum Gasteiger partial charge on any atom is 0.461 e. The van der Waals surface area contributed by atoms with Gasteiger partial charge < -0.3 is 14.6 Å². The molecule has 1 aromatic carbocycles. The Morgan fingerprint density at radius 3 is 2.61 bits per heavy atom. The van der Waals surface area contributed by atoms with E-state index in [1.54, 1.807) is 12.1 Å². The molecule has 2 bridgehead atoms. The van der Waals surface area contributed by atoms with E-state index in [2.05, 4.69) is 39.9 Å². The van der Waals surface area contributed by atoms with Crippen LogP contribution in [-0.2, 0) is 14.1 Å². The molecule has 0 radical (unpaired) electrons. The highest BCUT2D eigenvalue weighted by molar-refractivity contribution is 6.47. The number of amides is 1. The van der Waals surface area contributed by atoms with E-state index < -0.39 is 5.91 Å². The van der Waals surface area contributed by atoms with Crippen LogP contribution in [0.15, 0.2) is 18.2 Å². The number of ketones is 1. The van der Waals surface area contributed by atoms with Gasteiger partial charge in [0.05, 0.1) is 28.8 Å². The topological polar surface area (TPSA) is 64.6 Å². The lowest BCUT2D eigenvalue weighted by molar-refractivity contribution is -0.199. The van der Waals surface area contributed by atoms with Gasteiger partial charge in [-0.15, -0.1) is 0 Å². The van der Waals surface area contributed by atoms with Crippen molar-refractivity contribution in [2.24, 2.45) is 23.2 Å². The van der Waals surface area contributed by atoms with Gasteiger partial charge in [-0.2, -0.15) is 0 Å². The second kappa shape index (κ2) is 9.18. The highest BCUT2D eigenvalue weighted by atomic mass is 35.5. The van der Waals surface area contributed by atoms with Gasteiger partial charge in [0.25, 0.3) is 5.91 Å². The van der Waals surface area contributed by atoms with E-state index >= 15 is 0 Å². The van der Waals surface area contributed by atoms with Crippen molar-refractivity contribution in [3.63, 3.8) is 0 Å². The fraction of sp³-hybridized carbons (Fsp3) is 0.680. The highest BCUT2D eigenvalue weighted by Crippen LogP contribution is 2.66. The molecule has 1 aliphatic heterocycles. The molecule has 8 heteroatoms. The zero-order valence-corrected chi connectivity index (χ0v) is 21.6. The number of hydrogen-bond acceptors (Lipinski definition) is 4. The summed E-state index contributed by atoms with van der Waals surface area (Å²) < 4.78 is 13.1. The summed E-state index contributed by atoms with van der Waals surface area (Å²) in [5.41, 5.74) is 0.245. The molecule has 3 aliphatic carbocycles. The third kappa shape index (κ3) is 4.73. The normalized spacial score (nSPS) is 30.5. The molecule has 180 valence electrons. The average Bonchev–Trinajstić information content (AvgIpc) is 3.10. The monoisotopic (exact) mass is 493 g/mol. The first-order valence-corrected chi connectivity index (χ1v) is 12.8. The van der Waals surface area contributed by atoms with Crippen LogP contribution in [0.2, 0.25) is 15.9 Å². The van der Waals surface area contributed by atoms with Crippen LogP contribution in [0.25, 0.3) is 0 Å². The number of carbonyl (C=O) groups excluding carboxylic acids is 2. The minimum atomic E-state index is -0.412. The third-order valence-electron chi connectivity index (χ3n) is 8.24. The van der Waals surface area contributed by atoms with Crippen molar-refractivity contribution >= 4 is 42.0 Å². The lowest BCUT2D eigenvalue weighted by Crippen LogP contribution is -2.65. The summed E-state index contributed by atoms with van der Waals surface area (Å²) >= 11 is 12.1. The van der Waals surface area contributed by atoms with Gasteiger partial charge in [0.1, 0.15) is 0 Å². The van der Waals surface area contributed by atoms with Gasteiger partial charge in [-0.3, -0.25) is 9.59 Å². The number of rotatable bonds is 8. The molecule has 1 aromatic rings. The summed E-state index contributed by atoms with van der Waals surface area (Å²) in [5, 5.41) is 3.40. The van der Waals surface area contributed by atoms with Crippen molar-refractivity contribution in [1.29, 1.82) is 0 Å². The van der Waals surface area contributed by atoms with Gasteiger partial charge in [0, 0.05) is 17.3 Å². The SMILES string of the molecule is CC(C)C[C@H](CC(=O)CNC(=O)c1cc(Cl)ccc1Cl)B1O[C@@H]2C[C@@H]3CC(C3(C)C)[C@]2(C)O1. The summed E-state index contributed by atoms with van der Waals surface area (Å²) in [7, 11) is -0.389. The van der Waals surface area contributed by atoms with Crippen LogP contribution in [0.3, 0.4) is 0 Å². The number of nitrogens with one attached hydrogen (secondary N) is 1. The molecule has 4 fully saturated rings. The second-order valence-corrected chi connectivity index (χ2v) is 12.1. The quantitative estimate of drug-likeness (QED) is 0.463. The van der Waals surface area contributed by atoms with Gasteiger partial charge in [0.15, 0.2) is 5.78 Å². The minimum Gasteiger partial charge on any atom is -0.405 e. The molecule has 0 aromatic heterocycles. The van der Waals surface area contributed by atoms with Crippen molar-refractivity contribution in [3.8, 4) is 0 Å². The molecular weight excluding hydrogens is 460 g/mol. The molecule has 33 heavy (non-hydrogen) atoms. The second-order valence-electron chi connectivity index (χ2n) is 11.3. The van der Waals surface area contributed by atoms with Gasteiger partial charge in [-0.05, 0) is 67.6 Å². The van der Waals surface area contributed by atoms with Crippen molar-refractivity contribution in [3.05, 3.63) is 33.8 Å². The zero-order chi connectivity index (χ0) is 24.1. The highest BCUT2D eigenvalue weighted by Gasteiger charge is 2.68. The van der Waals surface area contributed by atoms with Crippen molar-refractivity contribution in [2.45, 2.75) is 77.8 Å². The molecule has 5 rings (SSSR count). The molecule has 5 atom stereocenters. The van der Waals surface area contributed by atoms with E-state index in [0.29, 0.717) is 34.2 Å². The minimum absolute atomic E-state index is 0.0492. The van der Waals surface area contributed by atoms with Crippen LogP contribution in [0.4, 0.5) is 0 Å². The maximum absolute atomic E-state index is 12.9. The summed E-state index contributed by atoms with van der Waals surface area (Å²) in [6.45, 7) is 11.1. The summed E-state index contributed by atoms with van der Waals surface area (Å²) in [4.78, 5) is 25.4. The van der Waals surface area contributed by atoms with Gasteiger partial charge >= 0.3 is 7.12 Å². The fourth-order valence-corrected chi connectivity index (χ4v) is 6.68. The average molecular weight is 494 g/mol. The van der Waals surface area contributed by atoms with Gasteiger partial charge in [-0.25, -0.2) is 0 Å². The van der Waals surface area contributed by atoms with E-state index in [9.17, 15) is 9.59 Å². The Hall–Kier alpha value is -1.08.